The number of phenols is 1. The molecule has 218 valence electrons. The van der Waals surface area contributed by atoms with Crippen LogP contribution in [0.5, 0.6) is 11.5 Å². The minimum atomic E-state index is -0.991. The predicted molar refractivity (Wildman–Crippen MR) is 166 cm³/mol. The van der Waals surface area contributed by atoms with Crippen LogP contribution >= 0.6 is 11.3 Å². The van der Waals surface area contributed by atoms with Crippen molar-refractivity contribution < 1.29 is 19.7 Å². The van der Waals surface area contributed by atoms with Crippen molar-refractivity contribution in [2.45, 2.75) is 57.9 Å². The number of H-pyrrole nitrogens is 1. The van der Waals surface area contributed by atoms with E-state index in [1.165, 1.54) is 30.6 Å². The van der Waals surface area contributed by atoms with E-state index in [1.807, 2.05) is 48.5 Å². The Morgan fingerprint density at radius 1 is 0.902 bits per heavy atom. The number of hydrogen-bond donors (Lipinski definition) is 4. The number of rotatable bonds is 17. The molecule has 1 heterocycles. The maximum atomic E-state index is 11.9. The Labute approximate surface area is 244 Å². The summed E-state index contributed by atoms with van der Waals surface area (Å²) in [5, 5.41) is 23.1. The van der Waals surface area contributed by atoms with Gasteiger partial charge >= 0.3 is 11.0 Å². The molecule has 4 N–H and O–H groups in total. The second-order valence-electron chi connectivity index (χ2n) is 10.1. The third-order valence-electron chi connectivity index (χ3n) is 7.02. The van der Waals surface area contributed by atoms with Crippen molar-refractivity contribution in [3.63, 3.8) is 0 Å². The van der Waals surface area contributed by atoms with Crippen LogP contribution in [0.2, 0.25) is 0 Å². The van der Waals surface area contributed by atoms with E-state index in [4.69, 9.17) is 4.74 Å². The van der Waals surface area contributed by atoms with E-state index >= 15 is 0 Å². The zero-order chi connectivity index (χ0) is 28.9. The Morgan fingerprint density at radius 3 is 2.44 bits per heavy atom. The number of fused-ring (bicyclic) bond motifs is 1. The fourth-order valence-electron chi connectivity index (χ4n) is 4.82. The molecule has 0 aliphatic carbocycles. The van der Waals surface area contributed by atoms with Crippen LogP contribution in [-0.2, 0) is 13.0 Å². The summed E-state index contributed by atoms with van der Waals surface area (Å²) in [5.74, 6) is 0.810. The molecule has 1 aromatic heterocycles. The van der Waals surface area contributed by atoms with E-state index in [-0.39, 0.29) is 17.2 Å². The van der Waals surface area contributed by atoms with Crippen LogP contribution in [0.4, 0.5) is 10.5 Å². The van der Waals surface area contributed by atoms with Crippen molar-refractivity contribution in [1.29, 1.82) is 0 Å². The summed E-state index contributed by atoms with van der Waals surface area (Å²) in [7, 11) is 0. The number of ether oxygens (including phenoxy) is 1. The average molecular weight is 578 g/mol. The van der Waals surface area contributed by atoms with Gasteiger partial charge in [0.15, 0.2) is 0 Å². The highest BCUT2D eigenvalue weighted by molar-refractivity contribution is 7.16. The quantitative estimate of drug-likeness (QED) is 0.101. The number of nitrogens with zero attached hydrogens (tertiary/aromatic N) is 1. The van der Waals surface area contributed by atoms with Crippen LogP contribution in [0, 0.1) is 0 Å². The highest BCUT2D eigenvalue weighted by atomic mass is 32.1. The molecule has 0 fully saturated rings. The summed E-state index contributed by atoms with van der Waals surface area (Å²) >= 11 is 1.15. The van der Waals surface area contributed by atoms with Crippen LogP contribution in [0.15, 0.2) is 71.5 Å². The molecule has 0 unspecified atom stereocenters. The predicted octanol–water partition coefficient (Wildman–Crippen LogP) is 6.92. The molecule has 0 bridgehead atoms. The number of aromatic nitrogens is 1. The van der Waals surface area contributed by atoms with E-state index in [0.717, 1.165) is 65.9 Å². The topological polar surface area (TPSA) is 115 Å². The Morgan fingerprint density at radius 2 is 1.66 bits per heavy atom. The molecule has 4 aromatic rings. The highest BCUT2D eigenvalue weighted by Gasteiger charge is 2.15. The van der Waals surface area contributed by atoms with Crippen molar-refractivity contribution in [1.82, 2.24) is 10.3 Å². The minimum absolute atomic E-state index is 0.122. The van der Waals surface area contributed by atoms with Gasteiger partial charge in [-0.3, -0.25) is 9.69 Å². The standard InChI is InChI=1S/C32H39N3O5S/c36-28-17-16-25(30-29(28)34-31(37)41-30)18-20-33-19-9-4-2-1-3-5-10-21-40-27-15-11-14-26(22-27)35(32(38)39)23-24-12-7-6-8-13-24/h6-8,11-17,22,33,36H,1-5,9-10,18-21,23H2,(H,34,37)(H,38,39). The Balaban J connectivity index is 1.03. The number of carbonyl (C=O) groups is 1. The van der Waals surface area contributed by atoms with Crippen LogP contribution < -0.4 is 19.8 Å². The Kier molecular flexibility index (Phi) is 11.6. The highest BCUT2D eigenvalue weighted by Crippen LogP contribution is 2.28. The fraction of sp³-hybridized carbons (Fsp3) is 0.375. The number of phenolic OH excluding ortho intramolecular Hbond substituents is 1. The largest absolute Gasteiger partial charge is 0.506 e. The molecular weight excluding hydrogens is 538 g/mol. The lowest BCUT2D eigenvalue weighted by atomic mass is 10.1. The summed E-state index contributed by atoms with van der Waals surface area (Å²) in [6, 6.07) is 20.4. The van der Waals surface area contributed by atoms with E-state index in [9.17, 15) is 19.8 Å². The lowest BCUT2D eigenvalue weighted by Crippen LogP contribution is -2.28. The number of nitrogens with one attached hydrogen (secondary N) is 2. The molecular formula is C32H39N3O5S. The first kappa shape index (κ1) is 30.1. The maximum Gasteiger partial charge on any atom is 0.412 e. The molecule has 4 rings (SSSR count). The molecule has 0 spiro atoms. The van der Waals surface area contributed by atoms with Crippen LogP contribution in [0.1, 0.15) is 56.1 Å². The zero-order valence-corrected chi connectivity index (χ0v) is 24.1. The summed E-state index contributed by atoms with van der Waals surface area (Å²) in [5.41, 5.74) is 3.16. The molecule has 8 nitrogen and oxygen atoms in total. The van der Waals surface area contributed by atoms with Gasteiger partial charge in [-0.05, 0) is 61.7 Å². The SMILES string of the molecule is O=C(O)N(Cc1ccccc1)c1cccc(OCCCCCCCCCNCCc2ccc(O)c3[nH]c(=O)sc23)c1. The van der Waals surface area contributed by atoms with Crippen LogP contribution in [0.3, 0.4) is 0 Å². The molecule has 0 aliphatic rings. The normalized spacial score (nSPS) is 11.1. The first-order valence-electron chi connectivity index (χ1n) is 14.3. The van der Waals surface area contributed by atoms with Crippen LogP contribution in [-0.4, -0.2) is 41.0 Å². The molecule has 0 atom stereocenters. The molecule has 0 aliphatic heterocycles. The van der Waals surface area contributed by atoms with Crippen molar-refractivity contribution in [2.24, 2.45) is 0 Å². The second kappa shape index (κ2) is 15.8. The third kappa shape index (κ3) is 9.37. The maximum absolute atomic E-state index is 11.9. The van der Waals surface area contributed by atoms with E-state index in [2.05, 4.69) is 10.3 Å². The first-order chi connectivity index (χ1) is 20.0. The van der Waals surface area contributed by atoms with E-state index in [0.29, 0.717) is 23.6 Å². The number of anilines is 1. The van der Waals surface area contributed by atoms with Gasteiger partial charge in [0.2, 0.25) is 0 Å². The van der Waals surface area contributed by atoms with E-state index in [1.54, 1.807) is 18.2 Å². The third-order valence-corrected chi connectivity index (χ3v) is 7.98. The summed E-state index contributed by atoms with van der Waals surface area (Å²) in [6.07, 6.45) is 7.85. The molecule has 0 saturated heterocycles. The summed E-state index contributed by atoms with van der Waals surface area (Å²) < 4.78 is 6.76. The van der Waals surface area contributed by atoms with Gasteiger partial charge in [-0.2, -0.15) is 0 Å². The molecule has 0 saturated carbocycles. The number of unbranched alkanes of at least 4 members (excludes halogenated alkanes) is 6. The number of benzene rings is 3. The van der Waals surface area contributed by atoms with Gasteiger partial charge in [0, 0.05) is 6.07 Å². The van der Waals surface area contributed by atoms with Gasteiger partial charge in [-0.15, -0.1) is 0 Å². The lowest BCUT2D eigenvalue weighted by molar-refractivity contribution is 0.201. The van der Waals surface area contributed by atoms with Crippen molar-refractivity contribution in [3.05, 3.63) is 87.5 Å². The number of carboxylic acid groups (broad SMARTS) is 1. The van der Waals surface area contributed by atoms with Gasteiger partial charge in [0.25, 0.3) is 0 Å². The molecule has 41 heavy (non-hydrogen) atoms. The van der Waals surface area contributed by atoms with Crippen molar-refractivity contribution >= 4 is 33.3 Å². The summed E-state index contributed by atoms with van der Waals surface area (Å²) in [4.78, 5) is 27.4. The van der Waals surface area contributed by atoms with Gasteiger partial charge in [-0.1, -0.05) is 85.9 Å². The number of aromatic hydroxyl groups is 1. The number of amides is 1. The molecule has 3 aromatic carbocycles. The summed E-state index contributed by atoms with van der Waals surface area (Å²) in [6.45, 7) is 2.72. The van der Waals surface area contributed by atoms with Crippen molar-refractivity contribution in [2.75, 3.05) is 24.6 Å². The molecule has 1 amide bonds. The van der Waals surface area contributed by atoms with Gasteiger partial charge in [0.05, 0.1) is 23.5 Å². The van der Waals surface area contributed by atoms with Gasteiger partial charge in [-0.25, -0.2) is 4.79 Å². The fourth-order valence-corrected chi connectivity index (χ4v) is 5.72. The lowest BCUT2D eigenvalue weighted by Gasteiger charge is -2.20. The average Bonchev–Trinajstić information content (AvgIpc) is 3.38. The zero-order valence-electron chi connectivity index (χ0n) is 23.3. The van der Waals surface area contributed by atoms with Crippen LogP contribution in [0.25, 0.3) is 10.2 Å². The first-order valence-corrected chi connectivity index (χ1v) is 15.1. The van der Waals surface area contributed by atoms with Gasteiger partial charge < -0.3 is 25.3 Å². The molecule has 9 heteroatoms. The smallest absolute Gasteiger partial charge is 0.412 e. The molecule has 0 radical (unpaired) electrons. The van der Waals surface area contributed by atoms with Crippen molar-refractivity contribution in [3.8, 4) is 11.5 Å². The number of aromatic amines is 1. The Hall–Kier alpha value is -3.82. The monoisotopic (exact) mass is 577 g/mol. The number of hydrogen-bond acceptors (Lipinski definition) is 6. The Bertz CT molecular complexity index is 1440. The minimum Gasteiger partial charge on any atom is -0.506 e. The number of thiazole rings is 1. The second-order valence-corrected chi connectivity index (χ2v) is 11.1. The van der Waals surface area contributed by atoms with Gasteiger partial charge in [0.1, 0.15) is 17.0 Å². The van der Waals surface area contributed by atoms with E-state index < -0.39 is 6.09 Å².